The first-order valence-corrected chi connectivity index (χ1v) is 9.76. The Morgan fingerprint density at radius 2 is 1.87 bits per heavy atom. The van der Waals surface area contributed by atoms with Gasteiger partial charge in [-0.25, -0.2) is 9.38 Å². The second kappa shape index (κ2) is 10.5. The molecule has 1 fully saturated rings. The molecular weight excluding hydrogens is 416 g/mol. The molecule has 31 heavy (non-hydrogen) atoms. The number of nitrogens with zero attached hydrogens (tertiary/aromatic N) is 2. The zero-order valence-corrected chi connectivity index (χ0v) is 16.7. The summed E-state index contributed by atoms with van der Waals surface area (Å²) in [4.78, 5) is 6.42. The molecule has 1 aliphatic heterocycles. The van der Waals surface area contributed by atoms with Crippen molar-refractivity contribution in [2.24, 2.45) is 10.7 Å². The number of aliphatic imine (C=N–C) groups is 1. The quantitative estimate of drug-likeness (QED) is 0.393. The third-order valence-electron chi connectivity index (χ3n) is 4.79. The number of hydrogen-bond donors (Lipinski definition) is 2. The zero-order chi connectivity index (χ0) is 22.3. The Hall–Kier alpha value is -2.85. The SMILES string of the molecule is NC(=NCc1ccc(OC(F)(F)F)cc1)NCC(c1cccc(F)c1)N1CCOCC1. The van der Waals surface area contributed by atoms with Gasteiger partial charge in [-0.3, -0.25) is 4.90 Å². The second-order valence-corrected chi connectivity index (χ2v) is 6.99. The van der Waals surface area contributed by atoms with Gasteiger partial charge in [0, 0.05) is 19.6 Å². The van der Waals surface area contributed by atoms with Crippen molar-refractivity contribution in [1.82, 2.24) is 10.2 Å². The topological polar surface area (TPSA) is 72.1 Å². The molecule has 2 aromatic rings. The number of morpholine rings is 1. The van der Waals surface area contributed by atoms with E-state index in [9.17, 15) is 17.6 Å². The fourth-order valence-electron chi connectivity index (χ4n) is 3.29. The first-order chi connectivity index (χ1) is 14.8. The van der Waals surface area contributed by atoms with Crippen molar-refractivity contribution in [1.29, 1.82) is 0 Å². The molecule has 0 aliphatic carbocycles. The standard InChI is InChI=1S/C21H24F4N4O2/c22-17-3-1-2-16(12-17)19(29-8-10-30-11-9-29)14-28-20(26)27-13-15-4-6-18(7-5-15)31-21(23,24)25/h1-7,12,19H,8-11,13-14H2,(H3,26,27,28). The number of benzene rings is 2. The molecule has 1 saturated heterocycles. The van der Waals surface area contributed by atoms with Crippen molar-refractivity contribution in [3.05, 3.63) is 65.5 Å². The van der Waals surface area contributed by atoms with Gasteiger partial charge in [-0.2, -0.15) is 0 Å². The number of hydrogen-bond acceptors (Lipinski definition) is 4. The number of alkyl halides is 3. The summed E-state index contributed by atoms with van der Waals surface area (Å²) >= 11 is 0. The van der Waals surface area contributed by atoms with Gasteiger partial charge in [0.2, 0.25) is 0 Å². The number of ether oxygens (including phenoxy) is 2. The highest BCUT2D eigenvalue weighted by molar-refractivity contribution is 5.77. The molecule has 2 aromatic carbocycles. The summed E-state index contributed by atoms with van der Waals surface area (Å²) in [6, 6.07) is 11.7. The molecule has 1 atom stereocenters. The minimum atomic E-state index is -4.73. The van der Waals surface area contributed by atoms with E-state index in [2.05, 4.69) is 19.9 Å². The monoisotopic (exact) mass is 440 g/mol. The molecule has 168 valence electrons. The number of nitrogens with one attached hydrogen (secondary N) is 1. The highest BCUT2D eigenvalue weighted by atomic mass is 19.4. The van der Waals surface area contributed by atoms with Crippen LogP contribution in [0.15, 0.2) is 53.5 Å². The Morgan fingerprint density at radius 3 is 2.52 bits per heavy atom. The van der Waals surface area contributed by atoms with Gasteiger partial charge < -0.3 is 20.5 Å². The van der Waals surface area contributed by atoms with E-state index in [1.807, 2.05) is 6.07 Å². The van der Waals surface area contributed by atoms with Crippen LogP contribution >= 0.6 is 0 Å². The van der Waals surface area contributed by atoms with E-state index >= 15 is 0 Å². The van der Waals surface area contributed by atoms with Crippen molar-refractivity contribution < 1.29 is 27.0 Å². The Morgan fingerprint density at radius 1 is 1.16 bits per heavy atom. The van der Waals surface area contributed by atoms with Crippen molar-refractivity contribution in [2.45, 2.75) is 18.9 Å². The number of halogens is 4. The maximum absolute atomic E-state index is 13.7. The summed E-state index contributed by atoms with van der Waals surface area (Å²) in [5.74, 6) is -0.421. The van der Waals surface area contributed by atoms with E-state index in [-0.39, 0.29) is 30.1 Å². The van der Waals surface area contributed by atoms with Gasteiger partial charge in [-0.05, 0) is 35.4 Å². The molecule has 1 heterocycles. The highest BCUT2D eigenvalue weighted by Gasteiger charge is 2.31. The maximum atomic E-state index is 13.7. The maximum Gasteiger partial charge on any atom is 0.573 e. The van der Waals surface area contributed by atoms with Crippen LogP contribution in [0.3, 0.4) is 0 Å². The first-order valence-electron chi connectivity index (χ1n) is 9.76. The van der Waals surface area contributed by atoms with E-state index in [4.69, 9.17) is 10.5 Å². The lowest BCUT2D eigenvalue weighted by Crippen LogP contribution is -2.45. The largest absolute Gasteiger partial charge is 0.573 e. The Bertz CT molecular complexity index is 868. The Labute approximate surface area is 177 Å². The van der Waals surface area contributed by atoms with E-state index in [1.165, 1.54) is 36.4 Å². The molecule has 0 saturated carbocycles. The van der Waals surface area contributed by atoms with Gasteiger partial charge in [0.05, 0.1) is 25.8 Å². The van der Waals surface area contributed by atoms with Gasteiger partial charge in [0.15, 0.2) is 5.96 Å². The third kappa shape index (κ3) is 7.41. The van der Waals surface area contributed by atoms with Crippen molar-refractivity contribution >= 4 is 5.96 Å². The molecule has 6 nitrogen and oxygen atoms in total. The summed E-state index contributed by atoms with van der Waals surface area (Å²) in [5, 5.41) is 3.06. The number of rotatable bonds is 7. The highest BCUT2D eigenvalue weighted by Crippen LogP contribution is 2.23. The van der Waals surface area contributed by atoms with Crippen LogP contribution in [0.4, 0.5) is 17.6 Å². The summed E-state index contributed by atoms with van der Waals surface area (Å²) in [6.45, 7) is 3.23. The summed E-state index contributed by atoms with van der Waals surface area (Å²) in [6.07, 6.45) is -4.73. The summed E-state index contributed by atoms with van der Waals surface area (Å²) in [5.41, 5.74) is 7.47. The second-order valence-electron chi connectivity index (χ2n) is 6.99. The van der Waals surface area contributed by atoms with Gasteiger partial charge in [0.25, 0.3) is 0 Å². The predicted molar refractivity (Wildman–Crippen MR) is 108 cm³/mol. The molecule has 3 rings (SSSR count). The Kier molecular flexibility index (Phi) is 7.69. The lowest BCUT2D eigenvalue weighted by Gasteiger charge is -2.35. The van der Waals surface area contributed by atoms with Gasteiger partial charge >= 0.3 is 6.36 Å². The normalized spacial score (nSPS) is 16.7. The van der Waals surface area contributed by atoms with Crippen LogP contribution in [0, 0.1) is 5.82 Å². The fourth-order valence-corrected chi connectivity index (χ4v) is 3.29. The van der Waals surface area contributed by atoms with Crippen LogP contribution in [-0.2, 0) is 11.3 Å². The van der Waals surface area contributed by atoms with Crippen LogP contribution in [0.1, 0.15) is 17.2 Å². The van der Waals surface area contributed by atoms with Crippen LogP contribution in [0.2, 0.25) is 0 Å². The molecular formula is C21H24F4N4O2. The van der Waals surface area contributed by atoms with E-state index in [0.717, 1.165) is 5.56 Å². The zero-order valence-electron chi connectivity index (χ0n) is 16.7. The lowest BCUT2D eigenvalue weighted by molar-refractivity contribution is -0.274. The predicted octanol–water partition coefficient (Wildman–Crippen LogP) is 3.20. The van der Waals surface area contributed by atoms with Crippen molar-refractivity contribution in [3.8, 4) is 5.75 Å². The molecule has 0 spiro atoms. The van der Waals surface area contributed by atoms with Gasteiger partial charge in [-0.15, -0.1) is 13.2 Å². The number of guanidine groups is 1. The molecule has 1 unspecified atom stereocenters. The van der Waals surface area contributed by atoms with E-state index in [1.54, 1.807) is 6.07 Å². The van der Waals surface area contributed by atoms with Crippen LogP contribution < -0.4 is 15.8 Å². The molecule has 0 aromatic heterocycles. The summed E-state index contributed by atoms with van der Waals surface area (Å²) in [7, 11) is 0. The first kappa shape index (κ1) is 22.8. The lowest BCUT2D eigenvalue weighted by atomic mass is 10.0. The summed E-state index contributed by atoms with van der Waals surface area (Å²) < 4.78 is 59.7. The van der Waals surface area contributed by atoms with Crippen molar-refractivity contribution in [2.75, 3.05) is 32.8 Å². The third-order valence-corrected chi connectivity index (χ3v) is 4.79. The fraction of sp³-hybridized carbons (Fsp3) is 0.381. The molecule has 0 bridgehead atoms. The van der Waals surface area contributed by atoms with Gasteiger partial charge in [-0.1, -0.05) is 24.3 Å². The van der Waals surface area contributed by atoms with E-state index < -0.39 is 6.36 Å². The minimum absolute atomic E-state index is 0.118. The smallest absolute Gasteiger partial charge is 0.406 e. The molecule has 10 heteroatoms. The molecule has 3 N–H and O–H groups in total. The van der Waals surface area contributed by atoms with Crippen LogP contribution in [0.5, 0.6) is 5.75 Å². The van der Waals surface area contributed by atoms with Crippen LogP contribution in [0.25, 0.3) is 0 Å². The molecule has 0 amide bonds. The van der Waals surface area contributed by atoms with Gasteiger partial charge in [0.1, 0.15) is 11.6 Å². The molecule has 1 aliphatic rings. The van der Waals surface area contributed by atoms with Crippen LogP contribution in [-0.4, -0.2) is 50.1 Å². The average Bonchev–Trinajstić information content (AvgIpc) is 2.73. The minimum Gasteiger partial charge on any atom is -0.406 e. The van der Waals surface area contributed by atoms with Crippen molar-refractivity contribution in [3.63, 3.8) is 0 Å². The number of nitrogens with two attached hydrogens (primary N) is 1. The van der Waals surface area contributed by atoms with E-state index in [0.29, 0.717) is 38.4 Å². The average molecular weight is 440 g/mol. The molecule has 0 radical (unpaired) electrons. The Balaban J connectivity index is 1.59.